The highest BCUT2D eigenvalue weighted by Gasteiger charge is 2.04. The van der Waals surface area contributed by atoms with Crippen molar-refractivity contribution in [3.63, 3.8) is 0 Å². The van der Waals surface area contributed by atoms with Gasteiger partial charge in [-0.05, 0) is 24.1 Å². The summed E-state index contributed by atoms with van der Waals surface area (Å²) in [5.41, 5.74) is 6.97. The van der Waals surface area contributed by atoms with Crippen LogP contribution < -0.4 is 20.5 Å². The number of hydrogen-bond acceptors (Lipinski definition) is 4. The van der Waals surface area contributed by atoms with Crippen molar-refractivity contribution in [3.8, 4) is 11.5 Å². The van der Waals surface area contributed by atoms with Gasteiger partial charge in [-0.25, -0.2) is 0 Å². The zero-order chi connectivity index (χ0) is 16.2. The summed E-state index contributed by atoms with van der Waals surface area (Å²) in [7, 11) is 3.26. The number of halogens is 1. The van der Waals surface area contributed by atoms with E-state index < -0.39 is 0 Å². The van der Waals surface area contributed by atoms with Gasteiger partial charge in [0.1, 0.15) is 0 Å². The number of benzene rings is 1. The van der Waals surface area contributed by atoms with Crippen molar-refractivity contribution >= 4 is 41.7 Å². The number of nitrogens with zero attached hydrogens (tertiary/aromatic N) is 1. The predicted molar refractivity (Wildman–Crippen MR) is 111 cm³/mol. The lowest BCUT2D eigenvalue weighted by atomic mass is 10.1. The number of nitrogens with one attached hydrogen (secondary N) is 1. The van der Waals surface area contributed by atoms with Gasteiger partial charge in [0.05, 0.1) is 20.8 Å². The second-order valence-corrected chi connectivity index (χ2v) is 5.65. The molecule has 0 saturated heterocycles. The van der Waals surface area contributed by atoms with Crippen molar-refractivity contribution in [2.45, 2.75) is 6.42 Å². The van der Waals surface area contributed by atoms with Crippen LogP contribution in [0.4, 0.5) is 0 Å². The van der Waals surface area contributed by atoms with Crippen LogP contribution in [0.15, 0.2) is 35.8 Å². The summed E-state index contributed by atoms with van der Waals surface area (Å²) >= 11 is 1.79. The Hall–Kier alpha value is -1.09. The number of nitrogens with two attached hydrogens (primary N) is 1. The fourth-order valence-corrected chi connectivity index (χ4v) is 2.38. The van der Waals surface area contributed by atoms with Crippen LogP contribution in [-0.2, 0) is 6.42 Å². The molecule has 0 heterocycles. The third kappa shape index (κ3) is 8.95. The average molecular weight is 451 g/mol. The number of thioether (sulfide) groups is 1. The standard InChI is InChI=1S/C16H25N3O2S.HI/c1-4-10-22-11-9-19-16(17)18-8-7-13-5-6-14(20-2)15(12-13)21-3;/h4-6,12H,1,7-11H2,2-3H3,(H3,17,18,19);1H. The van der Waals surface area contributed by atoms with E-state index in [0.29, 0.717) is 12.5 Å². The maximum absolute atomic E-state index is 5.82. The third-order valence-electron chi connectivity index (χ3n) is 2.92. The molecule has 23 heavy (non-hydrogen) atoms. The largest absolute Gasteiger partial charge is 0.493 e. The lowest BCUT2D eigenvalue weighted by Crippen LogP contribution is -2.33. The van der Waals surface area contributed by atoms with Crippen molar-refractivity contribution in [3.05, 3.63) is 36.4 Å². The van der Waals surface area contributed by atoms with Crippen LogP contribution in [0, 0.1) is 0 Å². The van der Waals surface area contributed by atoms with E-state index in [-0.39, 0.29) is 24.0 Å². The summed E-state index contributed by atoms with van der Waals surface area (Å²) in [5, 5.41) is 3.11. The number of aliphatic imine (C=N–C) groups is 1. The summed E-state index contributed by atoms with van der Waals surface area (Å²) in [5.74, 6) is 3.85. The normalized spacial score (nSPS) is 10.6. The first-order valence-electron chi connectivity index (χ1n) is 7.14. The topological polar surface area (TPSA) is 68.9 Å². The van der Waals surface area contributed by atoms with Crippen molar-refractivity contribution in [2.24, 2.45) is 10.7 Å². The summed E-state index contributed by atoms with van der Waals surface area (Å²) in [6.07, 6.45) is 2.72. The molecule has 0 aromatic heterocycles. The van der Waals surface area contributed by atoms with Crippen LogP contribution in [-0.4, -0.2) is 44.8 Å². The molecular weight excluding hydrogens is 425 g/mol. The van der Waals surface area contributed by atoms with Gasteiger partial charge in [0, 0.05) is 18.1 Å². The van der Waals surface area contributed by atoms with Gasteiger partial charge < -0.3 is 20.5 Å². The van der Waals surface area contributed by atoms with E-state index in [0.717, 1.165) is 41.5 Å². The van der Waals surface area contributed by atoms with Gasteiger partial charge in [-0.15, -0.1) is 30.6 Å². The molecule has 1 aromatic rings. The molecule has 0 saturated carbocycles. The van der Waals surface area contributed by atoms with Gasteiger partial charge >= 0.3 is 0 Å². The highest BCUT2D eigenvalue weighted by atomic mass is 127. The zero-order valence-corrected chi connectivity index (χ0v) is 16.9. The molecule has 1 aromatic carbocycles. The molecule has 130 valence electrons. The Morgan fingerprint density at radius 2 is 2.09 bits per heavy atom. The van der Waals surface area contributed by atoms with Crippen molar-refractivity contribution < 1.29 is 9.47 Å². The van der Waals surface area contributed by atoms with Gasteiger partial charge in [-0.2, -0.15) is 11.8 Å². The number of rotatable bonds is 10. The molecule has 0 aliphatic rings. The highest BCUT2D eigenvalue weighted by Crippen LogP contribution is 2.27. The van der Waals surface area contributed by atoms with E-state index in [1.54, 1.807) is 26.0 Å². The van der Waals surface area contributed by atoms with E-state index in [1.807, 2.05) is 24.3 Å². The smallest absolute Gasteiger partial charge is 0.188 e. The molecule has 7 heteroatoms. The molecule has 1 rings (SSSR count). The molecule has 5 nitrogen and oxygen atoms in total. The minimum absolute atomic E-state index is 0. The summed E-state index contributed by atoms with van der Waals surface area (Å²) in [6, 6.07) is 5.89. The molecule has 0 fully saturated rings. The lowest BCUT2D eigenvalue weighted by Gasteiger charge is -2.10. The van der Waals surface area contributed by atoms with Gasteiger partial charge in [-0.1, -0.05) is 12.1 Å². The summed E-state index contributed by atoms with van der Waals surface area (Å²) in [6.45, 7) is 5.12. The Balaban J connectivity index is 0.00000484. The Morgan fingerprint density at radius 1 is 1.35 bits per heavy atom. The Kier molecular flexibility index (Phi) is 12.7. The van der Waals surface area contributed by atoms with Gasteiger partial charge in [0.15, 0.2) is 17.5 Å². The molecule has 0 bridgehead atoms. The second-order valence-electron chi connectivity index (χ2n) is 4.50. The van der Waals surface area contributed by atoms with Crippen molar-refractivity contribution in [2.75, 3.05) is 38.8 Å². The summed E-state index contributed by atoms with van der Waals surface area (Å²) in [4.78, 5) is 4.27. The molecule has 0 unspecified atom stereocenters. The van der Waals surface area contributed by atoms with Crippen LogP contribution in [0.2, 0.25) is 0 Å². The number of guanidine groups is 1. The van der Waals surface area contributed by atoms with Gasteiger partial charge in [0.25, 0.3) is 0 Å². The molecular formula is C16H26IN3O2S. The molecule has 0 aliphatic heterocycles. The zero-order valence-electron chi connectivity index (χ0n) is 13.7. The fourth-order valence-electron chi connectivity index (χ4n) is 1.82. The first-order valence-corrected chi connectivity index (χ1v) is 8.30. The maximum Gasteiger partial charge on any atom is 0.188 e. The number of methoxy groups -OCH3 is 2. The van der Waals surface area contributed by atoms with Crippen LogP contribution in [0.5, 0.6) is 11.5 Å². The monoisotopic (exact) mass is 451 g/mol. The Labute approximate surface area is 160 Å². The van der Waals surface area contributed by atoms with E-state index >= 15 is 0 Å². The van der Waals surface area contributed by atoms with Crippen LogP contribution >= 0.6 is 35.7 Å². The molecule has 0 aliphatic carbocycles. The molecule has 0 spiro atoms. The van der Waals surface area contributed by atoms with Crippen molar-refractivity contribution in [1.82, 2.24) is 5.32 Å². The number of ether oxygens (including phenoxy) is 2. The second kappa shape index (κ2) is 13.4. The van der Waals surface area contributed by atoms with Gasteiger partial charge in [0.2, 0.25) is 0 Å². The highest BCUT2D eigenvalue weighted by molar-refractivity contribution is 14.0. The summed E-state index contributed by atoms with van der Waals surface area (Å²) < 4.78 is 10.5. The third-order valence-corrected chi connectivity index (χ3v) is 3.86. The van der Waals surface area contributed by atoms with E-state index in [9.17, 15) is 0 Å². The number of hydrogen-bond donors (Lipinski definition) is 2. The Morgan fingerprint density at radius 3 is 2.74 bits per heavy atom. The van der Waals surface area contributed by atoms with Crippen LogP contribution in [0.25, 0.3) is 0 Å². The fraction of sp³-hybridized carbons (Fsp3) is 0.438. The Bertz CT molecular complexity index is 498. The van der Waals surface area contributed by atoms with Crippen LogP contribution in [0.1, 0.15) is 5.56 Å². The van der Waals surface area contributed by atoms with E-state index in [2.05, 4.69) is 16.9 Å². The first-order chi connectivity index (χ1) is 10.7. The molecule has 0 amide bonds. The van der Waals surface area contributed by atoms with E-state index in [4.69, 9.17) is 15.2 Å². The molecule has 0 radical (unpaired) electrons. The van der Waals surface area contributed by atoms with E-state index in [1.165, 1.54) is 0 Å². The minimum Gasteiger partial charge on any atom is -0.493 e. The average Bonchev–Trinajstić information content (AvgIpc) is 2.54. The SMILES string of the molecule is C=CCSCCN=C(N)NCCc1ccc(OC)c(OC)c1.I. The lowest BCUT2D eigenvalue weighted by molar-refractivity contribution is 0.354. The van der Waals surface area contributed by atoms with Crippen molar-refractivity contribution in [1.29, 1.82) is 0 Å². The molecule has 0 atom stereocenters. The predicted octanol–water partition coefficient (Wildman–Crippen LogP) is 2.69. The molecule has 3 N–H and O–H groups in total. The quantitative estimate of drug-likeness (QED) is 0.188. The van der Waals surface area contributed by atoms with Gasteiger partial charge in [-0.3, -0.25) is 4.99 Å². The van der Waals surface area contributed by atoms with Crippen LogP contribution in [0.3, 0.4) is 0 Å². The maximum atomic E-state index is 5.82. The first kappa shape index (κ1) is 21.9. The minimum atomic E-state index is 0.